The molecule has 0 bridgehead atoms. The number of aromatic nitrogens is 2. The number of urea groups is 1. The van der Waals surface area contributed by atoms with E-state index in [1.807, 2.05) is 44.2 Å². The monoisotopic (exact) mass is 316 g/mol. The molecule has 0 atom stereocenters. The Morgan fingerprint density at radius 2 is 2.04 bits per heavy atom. The van der Waals surface area contributed by atoms with Crippen LogP contribution in [0.2, 0.25) is 0 Å². The van der Waals surface area contributed by atoms with Crippen molar-refractivity contribution in [1.29, 1.82) is 0 Å². The molecule has 0 aliphatic rings. The molecule has 2 rings (SSSR count). The van der Waals surface area contributed by atoms with Crippen LogP contribution in [0, 0.1) is 5.41 Å². The highest BCUT2D eigenvalue weighted by molar-refractivity contribution is 5.88. The Morgan fingerprint density at radius 3 is 2.74 bits per heavy atom. The van der Waals surface area contributed by atoms with Crippen LogP contribution in [0.4, 0.5) is 10.5 Å². The van der Waals surface area contributed by atoms with Crippen LogP contribution in [0.1, 0.15) is 25.8 Å². The predicted octanol–water partition coefficient (Wildman–Crippen LogP) is 2.46. The van der Waals surface area contributed by atoms with Gasteiger partial charge in [-0.15, -0.1) is 0 Å². The molecule has 23 heavy (non-hydrogen) atoms. The Bertz CT molecular complexity index is 623. The molecule has 124 valence electrons. The standard InChI is InChI=1S/C17H24N4O2/c1-17(2,8-9-22)13-18-16(23)20-15-10-19-21(12-15)11-14-6-4-3-5-7-14/h3-7,10,12,22H,8-9,11,13H2,1-2H3,(H2,18,20,23). The third-order valence-electron chi connectivity index (χ3n) is 3.59. The first kappa shape index (κ1) is 17.0. The molecule has 2 aromatic rings. The number of nitrogens with zero attached hydrogens (tertiary/aromatic N) is 2. The van der Waals surface area contributed by atoms with Gasteiger partial charge < -0.3 is 15.7 Å². The average molecular weight is 316 g/mol. The fourth-order valence-corrected chi connectivity index (χ4v) is 2.17. The molecule has 0 radical (unpaired) electrons. The van der Waals surface area contributed by atoms with Crippen molar-refractivity contribution in [2.24, 2.45) is 5.41 Å². The van der Waals surface area contributed by atoms with E-state index in [4.69, 9.17) is 5.11 Å². The van der Waals surface area contributed by atoms with Crippen LogP contribution in [0.3, 0.4) is 0 Å². The van der Waals surface area contributed by atoms with Crippen molar-refractivity contribution >= 4 is 11.7 Å². The van der Waals surface area contributed by atoms with Crippen LogP contribution in [-0.2, 0) is 6.54 Å². The summed E-state index contributed by atoms with van der Waals surface area (Å²) >= 11 is 0. The van der Waals surface area contributed by atoms with E-state index in [9.17, 15) is 4.79 Å². The SMILES string of the molecule is CC(C)(CCO)CNC(=O)Nc1cnn(Cc2ccccc2)c1. The number of aliphatic hydroxyl groups excluding tert-OH is 1. The molecule has 0 unspecified atom stereocenters. The lowest BCUT2D eigenvalue weighted by Crippen LogP contribution is -2.37. The summed E-state index contributed by atoms with van der Waals surface area (Å²) in [7, 11) is 0. The number of nitrogens with one attached hydrogen (secondary N) is 2. The van der Waals surface area contributed by atoms with E-state index in [1.54, 1.807) is 17.1 Å². The van der Waals surface area contributed by atoms with Gasteiger partial charge in [0, 0.05) is 19.3 Å². The van der Waals surface area contributed by atoms with Crippen LogP contribution in [0.5, 0.6) is 0 Å². The Morgan fingerprint density at radius 1 is 1.30 bits per heavy atom. The van der Waals surface area contributed by atoms with Crippen molar-refractivity contribution in [2.75, 3.05) is 18.5 Å². The van der Waals surface area contributed by atoms with Gasteiger partial charge in [0.1, 0.15) is 0 Å². The van der Waals surface area contributed by atoms with Crippen molar-refractivity contribution in [3.8, 4) is 0 Å². The Kier molecular flexibility index (Phi) is 5.76. The minimum Gasteiger partial charge on any atom is -0.396 e. The molecule has 0 saturated heterocycles. The van der Waals surface area contributed by atoms with Gasteiger partial charge in [0.05, 0.1) is 18.4 Å². The Balaban J connectivity index is 1.83. The zero-order valence-corrected chi connectivity index (χ0v) is 13.6. The normalized spacial score (nSPS) is 11.3. The molecule has 0 fully saturated rings. The maximum absolute atomic E-state index is 11.9. The molecule has 0 spiro atoms. The largest absolute Gasteiger partial charge is 0.396 e. The van der Waals surface area contributed by atoms with Crippen LogP contribution in [0.15, 0.2) is 42.7 Å². The third-order valence-corrected chi connectivity index (χ3v) is 3.59. The van der Waals surface area contributed by atoms with Gasteiger partial charge in [-0.1, -0.05) is 44.2 Å². The molecule has 1 aromatic heterocycles. The Labute approximate surface area is 136 Å². The van der Waals surface area contributed by atoms with Crippen molar-refractivity contribution in [3.05, 3.63) is 48.3 Å². The van der Waals surface area contributed by atoms with E-state index in [0.717, 1.165) is 5.56 Å². The summed E-state index contributed by atoms with van der Waals surface area (Å²) in [6, 6.07) is 9.74. The zero-order chi connectivity index (χ0) is 16.7. The number of hydrogen-bond donors (Lipinski definition) is 3. The van der Waals surface area contributed by atoms with E-state index >= 15 is 0 Å². The van der Waals surface area contributed by atoms with Gasteiger partial charge in [-0.05, 0) is 17.4 Å². The second-order valence-electron chi connectivity index (χ2n) is 6.36. The molecule has 0 saturated carbocycles. The van der Waals surface area contributed by atoms with Crippen LogP contribution in [-0.4, -0.2) is 34.1 Å². The predicted molar refractivity (Wildman–Crippen MR) is 90.3 cm³/mol. The van der Waals surface area contributed by atoms with Gasteiger partial charge >= 0.3 is 6.03 Å². The van der Waals surface area contributed by atoms with E-state index < -0.39 is 0 Å². The minimum absolute atomic E-state index is 0.114. The molecule has 6 heteroatoms. The first-order chi connectivity index (χ1) is 11.0. The minimum atomic E-state index is -0.268. The van der Waals surface area contributed by atoms with Gasteiger partial charge in [0.25, 0.3) is 0 Å². The smallest absolute Gasteiger partial charge is 0.319 e. The van der Waals surface area contributed by atoms with Gasteiger partial charge in [-0.3, -0.25) is 4.68 Å². The van der Waals surface area contributed by atoms with E-state index in [1.165, 1.54) is 0 Å². The van der Waals surface area contributed by atoms with Crippen molar-refractivity contribution in [2.45, 2.75) is 26.8 Å². The number of aliphatic hydroxyl groups is 1. The molecular formula is C17H24N4O2. The molecule has 1 aromatic carbocycles. The van der Waals surface area contributed by atoms with Gasteiger partial charge in [0.15, 0.2) is 0 Å². The van der Waals surface area contributed by atoms with Gasteiger partial charge in [-0.2, -0.15) is 5.10 Å². The first-order valence-corrected chi connectivity index (χ1v) is 7.71. The lowest BCUT2D eigenvalue weighted by atomic mass is 9.90. The summed E-state index contributed by atoms with van der Waals surface area (Å²) in [4.78, 5) is 11.9. The van der Waals surface area contributed by atoms with Crippen molar-refractivity contribution < 1.29 is 9.90 Å². The molecule has 2 amide bonds. The topological polar surface area (TPSA) is 79.2 Å². The maximum atomic E-state index is 11.9. The van der Waals surface area contributed by atoms with Gasteiger partial charge in [0.2, 0.25) is 0 Å². The van der Waals surface area contributed by atoms with Crippen LogP contribution >= 0.6 is 0 Å². The molecular weight excluding hydrogens is 292 g/mol. The fourth-order valence-electron chi connectivity index (χ4n) is 2.17. The fraction of sp³-hybridized carbons (Fsp3) is 0.412. The summed E-state index contributed by atoms with van der Waals surface area (Å²) in [6.07, 6.45) is 4.06. The number of carbonyl (C=O) groups is 1. The van der Waals surface area contributed by atoms with Crippen LogP contribution in [0.25, 0.3) is 0 Å². The third kappa shape index (κ3) is 5.75. The molecule has 0 aliphatic carbocycles. The van der Waals surface area contributed by atoms with E-state index in [-0.39, 0.29) is 18.1 Å². The summed E-state index contributed by atoms with van der Waals surface area (Å²) < 4.78 is 1.78. The number of carbonyl (C=O) groups excluding carboxylic acids is 1. The summed E-state index contributed by atoms with van der Waals surface area (Å²) in [5.41, 5.74) is 1.67. The first-order valence-electron chi connectivity index (χ1n) is 7.71. The number of rotatable bonds is 7. The number of hydrogen-bond acceptors (Lipinski definition) is 3. The second kappa shape index (κ2) is 7.78. The second-order valence-corrected chi connectivity index (χ2v) is 6.36. The summed E-state index contributed by atoms with van der Waals surface area (Å²) in [5.74, 6) is 0. The lowest BCUT2D eigenvalue weighted by Gasteiger charge is -2.23. The van der Waals surface area contributed by atoms with Crippen molar-refractivity contribution in [1.82, 2.24) is 15.1 Å². The number of amides is 2. The molecule has 6 nitrogen and oxygen atoms in total. The molecule has 1 heterocycles. The number of benzene rings is 1. The van der Waals surface area contributed by atoms with E-state index in [2.05, 4.69) is 15.7 Å². The summed E-state index contributed by atoms with van der Waals surface area (Å²) in [6.45, 7) is 5.27. The highest BCUT2D eigenvalue weighted by Crippen LogP contribution is 2.18. The molecule has 3 N–H and O–H groups in total. The van der Waals surface area contributed by atoms with Crippen molar-refractivity contribution in [3.63, 3.8) is 0 Å². The van der Waals surface area contributed by atoms with E-state index in [0.29, 0.717) is 25.2 Å². The number of anilines is 1. The van der Waals surface area contributed by atoms with Gasteiger partial charge in [-0.25, -0.2) is 4.79 Å². The highest BCUT2D eigenvalue weighted by Gasteiger charge is 2.18. The average Bonchev–Trinajstić information content (AvgIpc) is 2.93. The quantitative estimate of drug-likeness (QED) is 0.734. The highest BCUT2D eigenvalue weighted by atomic mass is 16.3. The zero-order valence-electron chi connectivity index (χ0n) is 13.6. The van der Waals surface area contributed by atoms with Crippen LogP contribution < -0.4 is 10.6 Å². The lowest BCUT2D eigenvalue weighted by molar-refractivity contribution is 0.204. The Hall–Kier alpha value is -2.34. The summed E-state index contributed by atoms with van der Waals surface area (Å²) in [5, 5.41) is 18.8. The molecule has 0 aliphatic heterocycles. The maximum Gasteiger partial charge on any atom is 0.319 e.